The molecule has 2 nitrogen and oxygen atoms in total. The molecule has 19 heavy (non-hydrogen) atoms. The highest BCUT2D eigenvalue weighted by atomic mass is 19.1. The van der Waals surface area contributed by atoms with Crippen LogP contribution in [0.3, 0.4) is 0 Å². The molecule has 0 radical (unpaired) electrons. The van der Waals surface area contributed by atoms with Crippen LogP contribution in [0.2, 0.25) is 0 Å². The molecule has 0 aliphatic carbocycles. The largest absolute Gasteiger partial charge is 0.327 e. The standard InChI is InChI=1S/C16H25FN2/c1-12(2)9-19-10-14(8-16(18)11-19)6-13-4-3-5-15(17)7-13/h3-5,7,12,14,16H,6,8-11,18H2,1-2H3. The first-order valence-corrected chi connectivity index (χ1v) is 7.25. The SMILES string of the molecule is CC(C)CN1CC(N)CC(Cc2cccc(F)c2)C1. The van der Waals surface area contributed by atoms with Crippen LogP contribution in [0.5, 0.6) is 0 Å². The average Bonchev–Trinajstić information content (AvgIpc) is 2.26. The number of likely N-dealkylation sites (tertiary alicyclic amines) is 1. The van der Waals surface area contributed by atoms with E-state index in [9.17, 15) is 4.39 Å². The zero-order valence-corrected chi connectivity index (χ0v) is 12.0. The molecule has 106 valence electrons. The second-order valence-corrected chi connectivity index (χ2v) is 6.31. The third-order valence-corrected chi connectivity index (χ3v) is 3.68. The Morgan fingerprint density at radius 3 is 2.84 bits per heavy atom. The van der Waals surface area contributed by atoms with Crippen molar-refractivity contribution < 1.29 is 4.39 Å². The normalized spacial score (nSPS) is 24.9. The van der Waals surface area contributed by atoms with Crippen molar-refractivity contribution in [3.05, 3.63) is 35.6 Å². The summed E-state index contributed by atoms with van der Waals surface area (Å²) in [6, 6.07) is 7.20. The minimum Gasteiger partial charge on any atom is -0.327 e. The molecule has 0 aromatic heterocycles. The van der Waals surface area contributed by atoms with E-state index < -0.39 is 0 Å². The van der Waals surface area contributed by atoms with Crippen molar-refractivity contribution in [3.8, 4) is 0 Å². The summed E-state index contributed by atoms with van der Waals surface area (Å²) in [5, 5.41) is 0. The van der Waals surface area contributed by atoms with Gasteiger partial charge in [-0.05, 0) is 42.4 Å². The van der Waals surface area contributed by atoms with Gasteiger partial charge in [-0.1, -0.05) is 26.0 Å². The lowest BCUT2D eigenvalue weighted by Gasteiger charge is -2.37. The van der Waals surface area contributed by atoms with E-state index in [4.69, 9.17) is 5.73 Å². The van der Waals surface area contributed by atoms with Crippen LogP contribution in [-0.2, 0) is 6.42 Å². The topological polar surface area (TPSA) is 29.3 Å². The Balaban J connectivity index is 1.95. The lowest BCUT2D eigenvalue weighted by molar-refractivity contribution is 0.142. The van der Waals surface area contributed by atoms with E-state index in [1.54, 1.807) is 12.1 Å². The summed E-state index contributed by atoms with van der Waals surface area (Å²) in [6.07, 6.45) is 1.98. The molecule has 1 aliphatic heterocycles. The first kappa shape index (κ1) is 14.5. The van der Waals surface area contributed by atoms with E-state index in [0.29, 0.717) is 11.8 Å². The number of nitrogens with zero attached hydrogens (tertiary/aromatic N) is 1. The summed E-state index contributed by atoms with van der Waals surface area (Å²) < 4.78 is 13.2. The molecule has 2 N–H and O–H groups in total. The third-order valence-electron chi connectivity index (χ3n) is 3.68. The lowest BCUT2D eigenvalue weighted by Crippen LogP contribution is -2.48. The van der Waals surface area contributed by atoms with Gasteiger partial charge in [-0.15, -0.1) is 0 Å². The summed E-state index contributed by atoms with van der Waals surface area (Å²) in [6.45, 7) is 7.66. The number of hydrogen-bond donors (Lipinski definition) is 1. The molecule has 1 aromatic rings. The summed E-state index contributed by atoms with van der Waals surface area (Å²) in [7, 11) is 0. The summed E-state index contributed by atoms with van der Waals surface area (Å²) >= 11 is 0. The molecule has 1 saturated heterocycles. The number of rotatable bonds is 4. The molecule has 0 amide bonds. The fourth-order valence-electron chi connectivity index (χ4n) is 3.16. The average molecular weight is 264 g/mol. The van der Waals surface area contributed by atoms with Crippen molar-refractivity contribution in [1.29, 1.82) is 0 Å². The van der Waals surface area contributed by atoms with Crippen LogP contribution >= 0.6 is 0 Å². The molecule has 1 aliphatic rings. The predicted molar refractivity (Wildman–Crippen MR) is 77.5 cm³/mol. The van der Waals surface area contributed by atoms with Crippen LogP contribution in [-0.4, -0.2) is 30.6 Å². The first-order chi connectivity index (χ1) is 9.02. The summed E-state index contributed by atoms with van der Waals surface area (Å²) in [4.78, 5) is 2.46. The zero-order valence-electron chi connectivity index (χ0n) is 12.0. The van der Waals surface area contributed by atoms with Gasteiger partial charge in [-0.25, -0.2) is 4.39 Å². The zero-order chi connectivity index (χ0) is 13.8. The maximum absolute atomic E-state index is 13.2. The molecule has 3 heteroatoms. The van der Waals surface area contributed by atoms with Crippen molar-refractivity contribution in [2.45, 2.75) is 32.7 Å². The van der Waals surface area contributed by atoms with Crippen LogP contribution in [0, 0.1) is 17.7 Å². The Hall–Kier alpha value is -0.930. The predicted octanol–water partition coefficient (Wildman–Crippen LogP) is 2.67. The monoisotopic (exact) mass is 264 g/mol. The molecule has 1 fully saturated rings. The summed E-state index contributed by atoms with van der Waals surface area (Å²) in [5.41, 5.74) is 7.25. The fourth-order valence-corrected chi connectivity index (χ4v) is 3.16. The Labute approximate surface area is 115 Å². The second kappa shape index (κ2) is 6.49. The number of halogens is 1. The van der Waals surface area contributed by atoms with Crippen LogP contribution < -0.4 is 5.73 Å². The van der Waals surface area contributed by atoms with Crippen molar-refractivity contribution >= 4 is 0 Å². The van der Waals surface area contributed by atoms with Crippen LogP contribution in [0.1, 0.15) is 25.8 Å². The Morgan fingerprint density at radius 1 is 1.37 bits per heavy atom. The first-order valence-electron chi connectivity index (χ1n) is 7.25. The van der Waals surface area contributed by atoms with Gasteiger partial charge in [0.05, 0.1) is 0 Å². The Kier molecular flexibility index (Phi) is 4.94. The van der Waals surface area contributed by atoms with Gasteiger partial charge in [-0.2, -0.15) is 0 Å². The summed E-state index contributed by atoms with van der Waals surface area (Å²) in [5.74, 6) is 1.07. The van der Waals surface area contributed by atoms with Crippen molar-refractivity contribution in [2.75, 3.05) is 19.6 Å². The van der Waals surface area contributed by atoms with Gasteiger partial charge < -0.3 is 10.6 Å². The number of benzene rings is 1. The number of hydrogen-bond acceptors (Lipinski definition) is 2. The van der Waals surface area contributed by atoms with E-state index >= 15 is 0 Å². The highest BCUT2D eigenvalue weighted by Crippen LogP contribution is 2.21. The van der Waals surface area contributed by atoms with Gasteiger partial charge in [0, 0.05) is 25.7 Å². The van der Waals surface area contributed by atoms with Crippen LogP contribution in [0.25, 0.3) is 0 Å². The molecule has 1 aromatic carbocycles. The fraction of sp³-hybridized carbons (Fsp3) is 0.625. The van der Waals surface area contributed by atoms with Gasteiger partial charge in [0.2, 0.25) is 0 Å². The van der Waals surface area contributed by atoms with Crippen molar-refractivity contribution in [2.24, 2.45) is 17.6 Å². The van der Waals surface area contributed by atoms with E-state index in [1.807, 2.05) is 6.07 Å². The molecule has 0 saturated carbocycles. The van der Waals surface area contributed by atoms with Crippen molar-refractivity contribution in [1.82, 2.24) is 4.90 Å². The van der Waals surface area contributed by atoms with Gasteiger partial charge in [0.15, 0.2) is 0 Å². The molecule has 2 rings (SSSR count). The lowest BCUT2D eigenvalue weighted by atomic mass is 9.88. The molecule has 1 heterocycles. The third kappa shape index (κ3) is 4.59. The quantitative estimate of drug-likeness (QED) is 0.906. The van der Waals surface area contributed by atoms with E-state index in [1.165, 1.54) is 6.07 Å². The molecular formula is C16H25FN2. The minimum absolute atomic E-state index is 0.142. The number of piperidine rings is 1. The molecular weight excluding hydrogens is 239 g/mol. The Morgan fingerprint density at radius 2 is 2.16 bits per heavy atom. The maximum Gasteiger partial charge on any atom is 0.123 e. The molecule has 2 atom stereocenters. The van der Waals surface area contributed by atoms with E-state index in [2.05, 4.69) is 18.7 Å². The second-order valence-electron chi connectivity index (χ2n) is 6.31. The molecule has 0 bridgehead atoms. The van der Waals surface area contributed by atoms with Gasteiger partial charge in [-0.3, -0.25) is 0 Å². The highest BCUT2D eigenvalue weighted by molar-refractivity contribution is 5.17. The van der Waals surface area contributed by atoms with Crippen LogP contribution in [0.15, 0.2) is 24.3 Å². The smallest absolute Gasteiger partial charge is 0.123 e. The highest BCUT2D eigenvalue weighted by Gasteiger charge is 2.25. The van der Waals surface area contributed by atoms with Crippen LogP contribution in [0.4, 0.5) is 4.39 Å². The minimum atomic E-state index is -0.142. The van der Waals surface area contributed by atoms with E-state index in [-0.39, 0.29) is 11.9 Å². The molecule has 0 spiro atoms. The maximum atomic E-state index is 13.2. The number of nitrogens with two attached hydrogens (primary N) is 1. The Bertz CT molecular complexity index is 403. The van der Waals surface area contributed by atoms with Gasteiger partial charge in [0.1, 0.15) is 5.82 Å². The van der Waals surface area contributed by atoms with Gasteiger partial charge >= 0.3 is 0 Å². The molecule has 2 unspecified atom stereocenters. The van der Waals surface area contributed by atoms with Crippen molar-refractivity contribution in [3.63, 3.8) is 0 Å². The van der Waals surface area contributed by atoms with Gasteiger partial charge in [0.25, 0.3) is 0 Å². The van der Waals surface area contributed by atoms with E-state index in [0.717, 1.165) is 38.0 Å².